The van der Waals surface area contributed by atoms with Crippen molar-refractivity contribution in [1.82, 2.24) is 4.90 Å². The number of Topliss-reactive ketones (excluding diaryl/α,β-unsaturated/α-hetero) is 1. The molecule has 2 aliphatic rings. The van der Waals surface area contributed by atoms with Gasteiger partial charge in [-0.25, -0.2) is 4.39 Å². The SMILES string of the molecule is O=C(CC1CCCN1C(=O)C1CCCC1O)c1ccc(F)cc1. The minimum atomic E-state index is -0.545. The molecule has 1 saturated carbocycles. The van der Waals surface area contributed by atoms with Gasteiger partial charge in [0.1, 0.15) is 5.82 Å². The van der Waals surface area contributed by atoms with E-state index in [0.717, 1.165) is 25.7 Å². The Kier molecular flexibility index (Phi) is 4.76. The first-order valence-corrected chi connectivity index (χ1v) is 8.33. The molecule has 1 aromatic carbocycles. The second-order valence-corrected chi connectivity index (χ2v) is 6.57. The topological polar surface area (TPSA) is 57.6 Å². The largest absolute Gasteiger partial charge is 0.392 e. The Morgan fingerprint density at radius 2 is 1.87 bits per heavy atom. The maximum absolute atomic E-state index is 12.9. The lowest BCUT2D eigenvalue weighted by molar-refractivity contribution is -0.139. The number of halogens is 1. The van der Waals surface area contributed by atoms with Gasteiger partial charge >= 0.3 is 0 Å². The zero-order valence-electron chi connectivity index (χ0n) is 13.1. The van der Waals surface area contributed by atoms with E-state index in [0.29, 0.717) is 18.5 Å². The molecule has 5 heteroatoms. The van der Waals surface area contributed by atoms with Crippen molar-refractivity contribution in [3.8, 4) is 0 Å². The molecular formula is C18H22FNO3. The van der Waals surface area contributed by atoms with Crippen molar-refractivity contribution in [3.63, 3.8) is 0 Å². The highest BCUT2D eigenvalue weighted by Gasteiger charge is 2.39. The molecule has 0 radical (unpaired) electrons. The van der Waals surface area contributed by atoms with Gasteiger partial charge in [-0.1, -0.05) is 0 Å². The number of carbonyl (C=O) groups is 2. The lowest BCUT2D eigenvalue weighted by atomic mass is 9.99. The fourth-order valence-corrected chi connectivity index (χ4v) is 3.75. The molecule has 1 aliphatic carbocycles. The van der Waals surface area contributed by atoms with Gasteiger partial charge in [0.15, 0.2) is 5.78 Å². The molecule has 1 N–H and O–H groups in total. The minimum absolute atomic E-state index is 0.00981. The first kappa shape index (κ1) is 16.1. The summed E-state index contributed by atoms with van der Waals surface area (Å²) in [5.74, 6) is -0.753. The lowest BCUT2D eigenvalue weighted by Crippen LogP contribution is -2.42. The Morgan fingerprint density at radius 1 is 1.13 bits per heavy atom. The number of amides is 1. The van der Waals surface area contributed by atoms with Crippen LogP contribution in [0, 0.1) is 11.7 Å². The summed E-state index contributed by atoms with van der Waals surface area (Å²) in [4.78, 5) is 26.8. The summed E-state index contributed by atoms with van der Waals surface area (Å²) in [6, 6.07) is 5.42. The number of ketones is 1. The van der Waals surface area contributed by atoms with E-state index in [2.05, 4.69) is 0 Å². The molecule has 0 spiro atoms. The van der Waals surface area contributed by atoms with E-state index in [1.807, 2.05) is 0 Å². The Hall–Kier alpha value is -1.75. The average Bonchev–Trinajstić information content (AvgIpc) is 3.16. The lowest BCUT2D eigenvalue weighted by Gasteiger charge is -2.28. The van der Waals surface area contributed by atoms with E-state index in [1.54, 1.807) is 4.90 Å². The molecule has 1 saturated heterocycles. The fraction of sp³-hybridized carbons (Fsp3) is 0.556. The summed E-state index contributed by atoms with van der Waals surface area (Å²) in [6.45, 7) is 0.656. The average molecular weight is 319 g/mol. The molecule has 3 atom stereocenters. The van der Waals surface area contributed by atoms with Crippen LogP contribution in [0.4, 0.5) is 4.39 Å². The zero-order valence-corrected chi connectivity index (χ0v) is 13.1. The van der Waals surface area contributed by atoms with Crippen molar-refractivity contribution < 1.29 is 19.1 Å². The predicted octanol–water partition coefficient (Wildman–Crippen LogP) is 2.55. The van der Waals surface area contributed by atoms with Crippen LogP contribution >= 0.6 is 0 Å². The number of rotatable bonds is 4. The normalized spacial score (nSPS) is 27.4. The third-order valence-electron chi connectivity index (χ3n) is 5.04. The van der Waals surface area contributed by atoms with Gasteiger partial charge in [-0.3, -0.25) is 9.59 Å². The molecule has 0 aromatic heterocycles. The third-order valence-corrected chi connectivity index (χ3v) is 5.04. The highest BCUT2D eigenvalue weighted by Crippen LogP contribution is 2.31. The number of hydrogen-bond acceptors (Lipinski definition) is 3. The van der Waals surface area contributed by atoms with Crippen molar-refractivity contribution in [2.24, 2.45) is 5.92 Å². The van der Waals surface area contributed by atoms with Crippen LogP contribution < -0.4 is 0 Å². The van der Waals surface area contributed by atoms with Crippen LogP contribution in [0.25, 0.3) is 0 Å². The van der Waals surface area contributed by atoms with Gasteiger partial charge < -0.3 is 10.0 Å². The molecule has 1 heterocycles. The summed E-state index contributed by atoms with van der Waals surface area (Å²) >= 11 is 0. The second kappa shape index (κ2) is 6.79. The van der Waals surface area contributed by atoms with Gasteiger partial charge in [0, 0.05) is 24.6 Å². The van der Waals surface area contributed by atoms with Gasteiger partial charge in [0.2, 0.25) is 5.91 Å². The van der Waals surface area contributed by atoms with E-state index in [-0.39, 0.29) is 35.9 Å². The molecule has 1 aliphatic heterocycles. The molecule has 3 unspecified atom stereocenters. The maximum atomic E-state index is 12.9. The number of nitrogens with zero attached hydrogens (tertiary/aromatic N) is 1. The van der Waals surface area contributed by atoms with Crippen LogP contribution in [0.3, 0.4) is 0 Å². The molecular weight excluding hydrogens is 297 g/mol. The quantitative estimate of drug-likeness (QED) is 0.868. The summed E-state index contributed by atoms with van der Waals surface area (Å²) < 4.78 is 12.9. The van der Waals surface area contributed by atoms with Crippen LogP contribution in [0.5, 0.6) is 0 Å². The van der Waals surface area contributed by atoms with E-state index >= 15 is 0 Å². The third kappa shape index (κ3) is 3.44. The number of aliphatic hydroxyl groups is 1. The van der Waals surface area contributed by atoms with Crippen molar-refractivity contribution in [2.45, 2.75) is 50.7 Å². The van der Waals surface area contributed by atoms with Crippen molar-refractivity contribution in [1.29, 1.82) is 0 Å². The highest BCUT2D eigenvalue weighted by atomic mass is 19.1. The predicted molar refractivity (Wildman–Crippen MR) is 83.4 cm³/mol. The summed E-state index contributed by atoms with van der Waals surface area (Å²) in [6.07, 6.45) is 3.71. The fourth-order valence-electron chi connectivity index (χ4n) is 3.75. The molecule has 4 nitrogen and oxygen atoms in total. The minimum Gasteiger partial charge on any atom is -0.392 e. The second-order valence-electron chi connectivity index (χ2n) is 6.57. The standard InChI is InChI=1S/C18H22FNO3/c19-13-8-6-12(7-9-13)17(22)11-14-3-2-10-20(14)18(23)15-4-1-5-16(15)21/h6-9,14-16,21H,1-5,10-11H2. The van der Waals surface area contributed by atoms with Crippen LogP contribution in [0.15, 0.2) is 24.3 Å². The first-order chi connectivity index (χ1) is 11.1. The Morgan fingerprint density at radius 3 is 2.52 bits per heavy atom. The molecule has 0 bridgehead atoms. The highest BCUT2D eigenvalue weighted by molar-refractivity contribution is 5.96. The van der Waals surface area contributed by atoms with Gasteiger partial charge in [-0.2, -0.15) is 0 Å². The number of likely N-dealkylation sites (tertiary alicyclic amines) is 1. The van der Waals surface area contributed by atoms with Gasteiger partial charge in [-0.05, 0) is 56.4 Å². The summed E-state index contributed by atoms with van der Waals surface area (Å²) in [7, 11) is 0. The Balaban J connectivity index is 1.65. The molecule has 1 amide bonds. The van der Waals surface area contributed by atoms with Gasteiger partial charge in [-0.15, -0.1) is 0 Å². The van der Waals surface area contributed by atoms with Crippen LogP contribution in [-0.4, -0.2) is 40.4 Å². The molecule has 124 valence electrons. The smallest absolute Gasteiger partial charge is 0.228 e. The van der Waals surface area contributed by atoms with Crippen LogP contribution in [0.2, 0.25) is 0 Å². The maximum Gasteiger partial charge on any atom is 0.228 e. The van der Waals surface area contributed by atoms with Gasteiger partial charge in [0.05, 0.1) is 12.0 Å². The van der Waals surface area contributed by atoms with E-state index in [1.165, 1.54) is 24.3 Å². The summed E-state index contributed by atoms with van der Waals surface area (Å²) in [5.41, 5.74) is 0.478. The van der Waals surface area contributed by atoms with E-state index < -0.39 is 6.10 Å². The van der Waals surface area contributed by atoms with Crippen molar-refractivity contribution in [3.05, 3.63) is 35.6 Å². The Labute approximate surface area is 135 Å². The van der Waals surface area contributed by atoms with E-state index in [9.17, 15) is 19.1 Å². The Bertz CT molecular complexity index is 586. The van der Waals surface area contributed by atoms with E-state index in [4.69, 9.17) is 0 Å². The molecule has 2 fully saturated rings. The molecule has 23 heavy (non-hydrogen) atoms. The molecule has 1 aromatic rings. The number of aliphatic hydroxyl groups excluding tert-OH is 1. The molecule has 3 rings (SSSR count). The van der Waals surface area contributed by atoms with Crippen LogP contribution in [0.1, 0.15) is 48.9 Å². The van der Waals surface area contributed by atoms with Gasteiger partial charge in [0.25, 0.3) is 0 Å². The number of carbonyl (C=O) groups excluding carboxylic acids is 2. The van der Waals surface area contributed by atoms with Crippen molar-refractivity contribution in [2.75, 3.05) is 6.54 Å². The zero-order chi connectivity index (χ0) is 16.4. The number of hydrogen-bond donors (Lipinski definition) is 1. The summed E-state index contributed by atoms with van der Waals surface area (Å²) in [5, 5.41) is 9.94. The number of benzene rings is 1. The van der Waals surface area contributed by atoms with Crippen LogP contribution in [-0.2, 0) is 4.79 Å². The monoisotopic (exact) mass is 319 g/mol. The first-order valence-electron chi connectivity index (χ1n) is 8.33. The van der Waals surface area contributed by atoms with Crippen molar-refractivity contribution >= 4 is 11.7 Å².